The van der Waals surface area contributed by atoms with E-state index in [4.69, 9.17) is 16.3 Å². The van der Waals surface area contributed by atoms with E-state index in [-0.39, 0.29) is 18.1 Å². The minimum atomic E-state index is 0.0693. The fourth-order valence-electron chi connectivity index (χ4n) is 3.02. The zero-order chi connectivity index (χ0) is 17.4. The smallest absolute Gasteiger partial charge is 0.169 e. The van der Waals surface area contributed by atoms with Crippen molar-refractivity contribution in [2.24, 2.45) is 0 Å². The first kappa shape index (κ1) is 15.6. The van der Waals surface area contributed by atoms with Crippen LogP contribution in [0.5, 0.6) is 17.2 Å². The zero-order valence-electron chi connectivity index (χ0n) is 13.2. The van der Waals surface area contributed by atoms with Gasteiger partial charge < -0.3 is 14.9 Å². The van der Waals surface area contributed by atoms with Crippen LogP contribution in [-0.2, 0) is 6.61 Å². The van der Waals surface area contributed by atoms with Crippen molar-refractivity contribution >= 4 is 33.1 Å². The molecule has 0 aliphatic rings. The summed E-state index contributed by atoms with van der Waals surface area (Å²) in [5, 5.41) is 24.2. The summed E-state index contributed by atoms with van der Waals surface area (Å²) in [4.78, 5) is 0. The van der Waals surface area contributed by atoms with E-state index in [1.165, 1.54) is 0 Å². The number of phenolic OH excluding ortho intramolecular Hbond substituents is 2. The molecule has 0 saturated carbocycles. The molecule has 0 aromatic heterocycles. The standard InChI is InChI=1S/C21H15ClO3/c22-20-14(11-19(24)16-7-3-4-8-17(16)20)12-25-21-15-6-2-1-5-13(15)9-10-18(21)23/h1-11,23-24H,12H2. The van der Waals surface area contributed by atoms with Crippen molar-refractivity contribution in [3.8, 4) is 17.2 Å². The molecule has 0 heterocycles. The average molecular weight is 351 g/mol. The molecule has 0 saturated heterocycles. The topological polar surface area (TPSA) is 49.7 Å². The van der Waals surface area contributed by atoms with Gasteiger partial charge in [-0.05, 0) is 17.5 Å². The van der Waals surface area contributed by atoms with Crippen LogP contribution in [0.1, 0.15) is 5.56 Å². The summed E-state index contributed by atoms with van der Waals surface area (Å²) < 4.78 is 5.88. The number of rotatable bonds is 3. The van der Waals surface area contributed by atoms with Crippen LogP contribution in [0.2, 0.25) is 5.02 Å². The molecule has 4 heteroatoms. The van der Waals surface area contributed by atoms with Crippen LogP contribution in [0.15, 0.2) is 66.7 Å². The molecule has 25 heavy (non-hydrogen) atoms. The lowest BCUT2D eigenvalue weighted by Crippen LogP contribution is -1.98. The molecule has 0 atom stereocenters. The Labute approximate surface area is 149 Å². The van der Waals surface area contributed by atoms with Gasteiger partial charge in [-0.1, -0.05) is 66.2 Å². The Balaban J connectivity index is 1.74. The van der Waals surface area contributed by atoms with E-state index in [1.54, 1.807) is 12.1 Å². The lowest BCUT2D eigenvalue weighted by molar-refractivity contribution is 0.292. The van der Waals surface area contributed by atoms with Crippen molar-refractivity contribution in [3.05, 3.63) is 77.3 Å². The van der Waals surface area contributed by atoms with E-state index in [0.717, 1.165) is 16.2 Å². The average Bonchev–Trinajstić information content (AvgIpc) is 2.64. The van der Waals surface area contributed by atoms with Gasteiger partial charge in [0, 0.05) is 21.7 Å². The van der Waals surface area contributed by atoms with Crippen molar-refractivity contribution in [3.63, 3.8) is 0 Å². The monoisotopic (exact) mass is 350 g/mol. The molecule has 0 fully saturated rings. The number of halogens is 1. The second-order valence-corrected chi connectivity index (χ2v) is 6.22. The van der Waals surface area contributed by atoms with Gasteiger partial charge in [-0.3, -0.25) is 0 Å². The Morgan fingerprint density at radius 3 is 2.24 bits per heavy atom. The first-order valence-electron chi connectivity index (χ1n) is 7.88. The van der Waals surface area contributed by atoms with Crippen LogP contribution in [0.4, 0.5) is 0 Å². The van der Waals surface area contributed by atoms with Gasteiger partial charge >= 0.3 is 0 Å². The highest BCUT2D eigenvalue weighted by Gasteiger charge is 2.13. The summed E-state index contributed by atoms with van der Waals surface area (Å²) in [7, 11) is 0. The maximum atomic E-state index is 10.2. The van der Waals surface area contributed by atoms with E-state index in [1.807, 2.05) is 54.6 Å². The van der Waals surface area contributed by atoms with Crippen LogP contribution in [0, 0.1) is 0 Å². The SMILES string of the molecule is Oc1ccc2ccccc2c1OCc1cc(O)c2ccccc2c1Cl. The van der Waals surface area contributed by atoms with Gasteiger partial charge in [0.2, 0.25) is 0 Å². The Bertz CT molecular complexity index is 1090. The third-order valence-electron chi connectivity index (χ3n) is 4.26. The summed E-state index contributed by atoms with van der Waals surface area (Å²) in [6.07, 6.45) is 0. The molecule has 0 unspecified atom stereocenters. The van der Waals surface area contributed by atoms with Crippen molar-refractivity contribution in [2.75, 3.05) is 0 Å². The normalized spacial score (nSPS) is 11.1. The van der Waals surface area contributed by atoms with Gasteiger partial charge in [0.15, 0.2) is 11.5 Å². The highest BCUT2D eigenvalue weighted by Crippen LogP contribution is 2.38. The summed E-state index contributed by atoms with van der Waals surface area (Å²) in [6, 6.07) is 20.1. The number of fused-ring (bicyclic) bond motifs is 2. The van der Waals surface area contributed by atoms with Crippen LogP contribution in [0.25, 0.3) is 21.5 Å². The molecular weight excluding hydrogens is 336 g/mol. The third kappa shape index (κ3) is 2.73. The van der Waals surface area contributed by atoms with Crippen molar-refractivity contribution in [2.45, 2.75) is 6.61 Å². The number of hydrogen-bond donors (Lipinski definition) is 2. The third-order valence-corrected chi connectivity index (χ3v) is 4.71. The molecule has 0 radical (unpaired) electrons. The van der Waals surface area contributed by atoms with Crippen molar-refractivity contribution in [1.82, 2.24) is 0 Å². The maximum absolute atomic E-state index is 10.2. The quantitative estimate of drug-likeness (QED) is 0.503. The number of hydrogen-bond acceptors (Lipinski definition) is 3. The fraction of sp³-hybridized carbons (Fsp3) is 0.0476. The van der Waals surface area contributed by atoms with Gasteiger partial charge in [-0.25, -0.2) is 0 Å². The molecule has 0 aliphatic carbocycles. The maximum Gasteiger partial charge on any atom is 0.169 e. The van der Waals surface area contributed by atoms with Crippen LogP contribution < -0.4 is 4.74 Å². The van der Waals surface area contributed by atoms with E-state index < -0.39 is 0 Å². The Morgan fingerprint density at radius 2 is 1.44 bits per heavy atom. The highest BCUT2D eigenvalue weighted by molar-refractivity contribution is 6.36. The number of aromatic hydroxyl groups is 2. The molecule has 124 valence electrons. The Kier molecular flexibility index (Phi) is 3.86. The van der Waals surface area contributed by atoms with E-state index >= 15 is 0 Å². The minimum absolute atomic E-state index is 0.0693. The number of phenols is 2. The van der Waals surface area contributed by atoms with Gasteiger partial charge in [0.05, 0.1) is 5.02 Å². The van der Waals surface area contributed by atoms with Crippen molar-refractivity contribution in [1.29, 1.82) is 0 Å². The van der Waals surface area contributed by atoms with Crippen molar-refractivity contribution < 1.29 is 14.9 Å². The molecule has 2 N–H and O–H groups in total. The van der Waals surface area contributed by atoms with Gasteiger partial charge in [0.25, 0.3) is 0 Å². The minimum Gasteiger partial charge on any atom is -0.507 e. The van der Waals surface area contributed by atoms with E-state index in [2.05, 4.69) is 0 Å². The molecule has 0 spiro atoms. The predicted molar refractivity (Wildman–Crippen MR) is 101 cm³/mol. The van der Waals surface area contributed by atoms with Crippen LogP contribution in [-0.4, -0.2) is 10.2 Å². The summed E-state index contributed by atoms with van der Waals surface area (Å²) >= 11 is 6.48. The lowest BCUT2D eigenvalue weighted by atomic mass is 10.1. The van der Waals surface area contributed by atoms with Gasteiger partial charge in [-0.15, -0.1) is 0 Å². The van der Waals surface area contributed by atoms with E-state index in [9.17, 15) is 10.2 Å². The highest BCUT2D eigenvalue weighted by atomic mass is 35.5. The Hall–Kier alpha value is -2.91. The summed E-state index contributed by atoms with van der Waals surface area (Å²) in [5.41, 5.74) is 0.658. The fourth-order valence-corrected chi connectivity index (χ4v) is 3.29. The van der Waals surface area contributed by atoms with Gasteiger partial charge in [0.1, 0.15) is 12.4 Å². The zero-order valence-corrected chi connectivity index (χ0v) is 14.0. The van der Waals surface area contributed by atoms with Crippen LogP contribution in [0.3, 0.4) is 0 Å². The second-order valence-electron chi connectivity index (χ2n) is 5.84. The van der Waals surface area contributed by atoms with E-state index in [0.29, 0.717) is 21.7 Å². The molecule has 0 amide bonds. The molecule has 0 aliphatic heterocycles. The molecule has 4 aromatic carbocycles. The molecule has 0 bridgehead atoms. The number of benzene rings is 4. The predicted octanol–water partition coefficient (Wildman–Crippen LogP) is 5.64. The molecule has 4 aromatic rings. The molecule has 3 nitrogen and oxygen atoms in total. The summed E-state index contributed by atoms with van der Waals surface area (Å²) in [5.74, 6) is 0.627. The molecule has 4 rings (SSSR count). The number of ether oxygens (including phenoxy) is 1. The Morgan fingerprint density at radius 1 is 0.760 bits per heavy atom. The largest absolute Gasteiger partial charge is 0.507 e. The summed E-state index contributed by atoms with van der Waals surface area (Å²) in [6.45, 7) is 0.138. The first-order chi connectivity index (χ1) is 12.1. The van der Waals surface area contributed by atoms with Crippen LogP contribution >= 0.6 is 11.6 Å². The molecular formula is C21H15ClO3. The second kappa shape index (κ2) is 6.19. The lowest BCUT2D eigenvalue weighted by Gasteiger charge is -2.14. The first-order valence-corrected chi connectivity index (χ1v) is 8.25. The van der Waals surface area contributed by atoms with Gasteiger partial charge in [-0.2, -0.15) is 0 Å².